The fraction of sp³-hybridized carbons (Fsp3) is 0.0833. The molecule has 0 aliphatic heterocycles. The van der Waals surface area contributed by atoms with Crippen molar-refractivity contribution in [3.05, 3.63) is 47.1 Å². The molecule has 0 amide bonds. The lowest BCUT2D eigenvalue weighted by molar-refractivity contribution is 1.30. The Hall–Kier alpha value is -1.74. The summed E-state index contributed by atoms with van der Waals surface area (Å²) in [6.45, 7) is 1.99. The molecule has 82 valence electrons. The van der Waals surface area contributed by atoms with Crippen molar-refractivity contribution in [2.45, 2.75) is 6.92 Å². The first kappa shape index (κ1) is 10.8. The molecule has 3 N–H and O–H groups in total. The predicted molar refractivity (Wildman–Crippen MR) is 68.1 cm³/mol. The lowest BCUT2D eigenvalue weighted by Gasteiger charge is -2.10. The Kier molecular flexibility index (Phi) is 2.97. The van der Waals surface area contributed by atoms with E-state index in [9.17, 15) is 0 Å². The van der Waals surface area contributed by atoms with Crippen molar-refractivity contribution >= 4 is 28.8 Å². The van der Waals surface area contributed by atoms with Crippen LogP contribution in [0.25, 0.3) is 0 Å². The van der Waals surface area contributed by atoms with Gasteiger partial charge in [-0.05, 0) is 30.7 Å². The van der Waals surface area contributed by atoms with Crippen LogP contribution in [0.1, 0.15) is 5.56 Å². The molecular formula is C12H12ClN3. The topological polar surface area (TPSA) is 50.9 Å². The maximum absolute atomic E-state index is 6.10. The molecular weight excluding hydrogens is 222 g/mol. The SMILES string of the molecule is Cc1cccc(Cl)c1Nc1ccc(N)cn1. The minimum absolute atomic E-state index is 0.640. The van der Waals surface area contributed by atoms with Gasteiger partial charge in [-0.1, -0.05) is 23.7 Å². The monoisotopic (exact) mass is 233 g/mol. The molecule has 2 rings (SSSR count). The summed E-state index contributed by atoms with van der Waals surface area (Å²) < 4.78 is 0. The molecule has 0 spiro atoms. The van der Waals surface area contributed by atoms with Gasteiger partial charge in [0.1, 0.15) is 5.82 Å². The molecule has 0 aliphatic carbocycles. The molecule has 0 unspecified atom stereocenters. The number of aromatic nitrogens is 1. The van der Waals surface area contributed by atoms with E-state index in [2.05, 4.69) is 10.3 Å². The number of nitrogens with two attached hydrogens (primary N) is 1. The van der Waals surface area contributed by atoms with Gasteiger partial charge in [0, 0.05) is 0 Å². The smallest absolute Gasteiger partial charge is 0.130 e. The molecule has 4 heteroatoms. The second kappa shape index (κ2) is 4.41. The van der Waals surface area contributed by atoms with Crippen LogP contribution in [0.4, 0.5) is 17.2 Å². The number of anilines is 3. The first-order valence-corrected chi connectivity index (χ1v) is 5.28. The third-order valence-electron chi connectivity index (χ3n) is 2.26. The normalized spacial score (nSPS) is 10.1. The van der Waals surface area contributed by atoms with Gasteiger partial charge in [-0.2, -0.15) is 0 Å². The molecule has 1 aromatic heterocycles. The molecule has 0 bridgehead atoms. The maximum atomic E-state index is 6.10. The van der Waals surface area contributed by atoms with Crippen LogP contribution < -0.4 is 11.1 Å². The van der Waals surface area contributed by atoms with E-state index in [0.717, 1.165) is 17.1 Å². The molecule has 0 radical (unpaired) electrons. The Morgan fingerprint density at radius 1 is 1.25 bits per heavy atom. The van der Waals surface area contributed by atoms with Crippen LogP contribution >= 0.6 is 11.6 Å². The minimum atomic E-state index is 0.640. The molecule has 1 aromatic carbocycles. The summed E-state index contributed by atoms with van der Waals surface area (Å²) in [6.07, 6.45) is 1.61. The third-order valence-corrected chi connectivity index (χ3v) is 2.58. The Balaban J connectivity index is 2.30. The van der Waals surface area contributed by atoms with Crippen molar-refractivity contribution in [2.75, 3.05) is 11.1 Å². The van der Waals surface area contributed by atoms with Gasteiger partial charge in [-0.3, -0.25) is 0 Å². The van der Waals surface area contributed by atoms with E-state index in [0.29, 0.717) is 10.7 Å². The third kappa shape index (κ3) is 2.25. The highest BCUT2D eigenvalue weighted by Gasteiger charge is 2.04. The second-order valence-electron chi connectivity index (χ2n) is 3.53. The van der Waals surface area contributed by atoms with Crippen molar-refractivity contribution in [1.82, 2.24) is 4.98 Å². The van der Waals surface area contributed by atoms with Gasteiger partial charge in [0.15, 0.2) is 0 Å². The van der Waals surface area contributed by atoms with Crippen LogP contribution in [-0.2, 0) is 0 Å². The molecule has 0 saturated carbocycles. The van der Waals surface area contributed by atoms with Gasteiger partial charge in [-0.15, -0.1) is 0 Å². The summed E-state index contributed by atoms with van der Waals surface area (Å²) in [6, 6.07) is 9.36. The number of hydrogen-bond acceptors (Lipinski definition) is 3. The molecule has 0 aliphatic rings. The molecule has 1 heterocycles. The number of hydrogen-bond donors (Lipinski definition) is 2. The van der Waals surface area contributed by atoms with E-state index in [1.807, 2.05) is 31.2 Å². The number of nitrogens with one attached hydrogen (secondary N) is 1. The quantitative estimate of drug-likeness (QED) is 0.836. The Morgan fingerprint density at radius 3 is 2.69 bits per heavy atom. The van der Waals surface area contributed by atoms with Gasteiger partial charge < -0.3 is 11.1 Å². The van der Waals surface area contributed by atoms with E-state index < -0.39 is 0 Å². The van der Waals surface area contributed by atoms with E-state index >= 15 is 0 Å². The van der Waals surface area contributed by atoms with Crippen LogP contribution in [0.2, 0.25) is 5.02 Å². The summed E-state index contributed by atoms with van der Waals surface area (Å²) in [5.41, 5.74) is 8.16. The number of benzene rings is 1. The average Bonchev–Trinajstić information content (AvgIpc) is 2.26. The van der Waals surface area contributed by atoms with E-state index in [1.54, 1.807) is 12.3 Å². The number of aryl methyl sites for hydroxylation is 1. The zero-order valence-corrected chi connectivity index (χ0v) is 9.62. The molecule has 3 nitrogen and oxygen atoms in total. The number of pyridine rings is 1. The van der Waals surface area contributed by atoms with Crippen molar-refractivity contribution in [2.24, 2.45) is 0 Å². The number of nitrogen functional groups attached to an aromatic ring is 1. The van der Waals surface area contributed by atoms with Crippen LogP contribution in [0.15, 0.2) is 36.5 Å². The Morgan fingerprint density at radius 2 is 2.06 bits per heavy atom. The number of rotatable bonds is 2. The number of para-hydroxylation sites is 1. The molecule has 16 heavy (non-hydrogen) atoms. The van der Waals surface area contributed by atoms with Crippen molar-refractivity contribution in [1.29, 1.82) is 0 Å². The lowest BCUT2D eigenvalue weighted by atomic mass is 10.2. The average molecular weight is 234 g/mol. The highest BCUT2D eigenvalue weighted by molar-refractivity contribution is 6.33. The lowest BCUT2D eigenvalue weighted by Crippen LogP contribution is -1.97. The van der Waals surface area contributed by atoms with Crippen LogP contribution in [0.3, 0.4) is 0 Å². The van der Waals surface area contributed by atoms with Gasteiger partial charge in [0.05, 0.1) is 22.6 Å². The van der Waals surface area contributed by atoms with E-state index in [4.69, 9.17) is 17.3 Å². The van der Waals surface area contributed by atoms with E-state index in [1.165, 1.54) is 0 Å². The summed E-state index contributed by atoms with van der Waals surface area (Å²) >= 11 is 6.10. The summed E-state index contributed by atoms with van der Waals surface area (Å²) in [5, 5.41) is 3.85. The molecule has 0 saturated heterocycles. The first-order chi connectivity index (χ1) is 7.66. The fourth-order valence-electron chi connectivity index (χ4n) is 1.40. The molecule has 0 atom stereocenters. The largest absolute Gasteiger partial charge is 0.397 e. The Labute approximate surface area is 99.3 Å². The zero-order chi connectivity index (χ0) is 11.5. The second-order valence-corrected chi connectivity index (χ2v) is 3.94. The van der Waals surface area contributed by atoms with Crippen molar-refractivity contribution in [3.8, 4) is 0 Å². The van der Waals surface area contributed by atoms with Crippen LogP contribution in [0.5, 0.6) is 0 Å². The molecule has 0 fully saturated rings. The van der Waals surface area contributed by atoms with Gasteiger partial charge >= 0.3 is 0 Å². The van der Waals surface area contributed by atoms with E-state index in [-0.39, 0.29) is 0 Å². The standard InChI is InChI=1S/C12H12ClN3/c1-8-3-2-4-10(13)12(8)16-11-6-5-9(14)7-15-11/h2-7H,14H2,1H3,(H,15,16). The van der Waals surface area contributed by atoms with Gasteiger partial charge in [0.2, 0.25) is 0 Å². The van der Waals surface area contributed by atoms with Crippen LogP contribution in [0, 0.1) is 6.92 Å². The van der Waals surface area contributed by atoms with Gasteiger partial charge in [0.25, 0.3) is 0 Å². The summed E-state index contributed by atoms with van der Waals surface area (Å²) in [5.74, 6) is 0.727. The molecule has 2 aromatic rings. The van der Waals surface area contributed by atoms with Crippen LogP contribution in [-0.4, -0.2) is 4.98 Å². The van der Waals surface area contributed by atoms with Crippen molar-refractivity contribution in [3.63, 3.8) is 0 Å². The fourth-order valence-corrected chi connectivity index (χ4v) is 1.67. The van der Waals surface area contributed by atoms with Gasteiger partial charge in [-0.25, -0.2) is 4.98 Å². The Bertz CT molecular complexity index is 474. The highest BCUT2D eigenvalue weighted by atomic mass is 35.5. The first-order valence-electron chi connectivity index (χ1n) is 4.90. The summed E-state index contributed by atoms with van der Waals surface area (Å²) in [4.78, 5) is 4.16. The predicted octanol–water partition coefficient (Wildman–Crippen LogP) is 3.37. The zero-order valence-electron chi connectivity index (χ0n) is 8.87. The maximum Gasteiger partial charge on any atom is 0.130 e. The minimum Gasteiger partial charge on any atom is -0.397 e. The number of halogens is 1. The highest BCUT2D eigenvalue weighted by Crippen LogP contribution is 2.27. The summed E-state index contributed by atoms with van der Waals surface area (Å²) in [7, 11) is 0. The van der Waals surface area contributed by atoms with Crippen molar-refractivity contribution < 1.29 is 0 Å². The number of nitrogens with zero attached hydrogens (tertiary/aromatic N) is 1.